The van der Waals surface area contributed by atoms with Gasteiger partial charge in [0.15, 0.2) is 0 Å². The molecule has 0 N–H and O–H groups in total. The molecule has 0 unspecified atom stereocenters. The number of amides is 3. The van der Waals surface area contributed by atoms with Crippen LogP contribution in [0.4, 0.5) is 4.79 Å². The van der Waals surface area contributed by atoms with E-state index < -0.39 is 5.54 Å². The number of nitrogens with zero attached hydrogens (tertiary/aromatic N) is 3. The molecule has 3 heterocycles. The molecule has 3 fully saturated rings. The van der Waals surface area contributed by atoms with E-state index in [2.05, 4.69) is 28.8 Å². The van der Waals surface area contributed by atoms with Crippen molar-refractivity contribution in [3.05, 3.63) is 35.4 Å². The van der Waals surface area contributed by atoms with E-state index >= 15 is 0 Å². The van der Waals surface area contributed by atoms with Crippen molar-refractivity contribution in [2.45, 2.75) is 63.1 Å². The third kappa shape index (κ3) is 3.10. The molecule has 5 rings (SSSR count). The molecule has 0 radical (unpaired) electrons. The minimum Gasteiger partial charge on any atom is -0.310 e. The summed E-state index contributed by atoms with van der Waals surface area (Å²) in [4.78, 5) is 33.2. The monoisotopic (exact) mass is 413 g/mol. The maximum Gasteiger partial charge on any atom is 0.327 e. The normalized spacial score (nSPS) is 26.0. The maximum absolute atomic E-state index is 13.7. The molecule has 29 heavy (non-hydrogen) atoms. The summed E-state index contributed by atoms with van der Waals surface area (Å²) in [5, 5.41) is 0. The summed E-state index contributed by atoms with van der Waals surface area (Å²) in [5.41, 5.74) is 1.96. The fraction of sp³-hybridized carbons (Fsp3) is 0.652. The minimum atomic E-state index is -0.611. The summed E-state index contributed by atoms with van der Waals surface area (Å²) in [5.74, 6) is 2.57. The van der Waals surface area contributed by atoms with E-state index in [9.17, 15) is 9.59 Å². The highest BCUT2D eigenvalue weighted by Gasteiger charge is 2.59. The van der Waals surface area contributed by atoms with Gasteiger partial charge in [-0.1, -0.05) is 24.3 Å². The molecule has 1 aromatic carbocycles. The Hall–Kier alpha value is -1.53. The number of carbonyl (C=O) groups excluding carboxylic acids is 2. The van der Waals surface area contributed by atoms with E-state index in [1.54, 1.807) is 4.90 Å². The summed E-state index contributed by atoms with van der Waals surface area (Å²) in [7, 11) is 0. The van der Waals surface area contributed by atoms with Crippen LogP contribution >= 0.6 is 11.8 Å². The fourth-order valence-electron chi connectivity index (χ4n) is 6.01. The van der Waals surface area contributed by atoms with Crippen LogP contribution in [-0.4, -0.2) is 75.4 Å². The van der Waals surface area contributed by atoms with E-state index in [0.29, 0.717) is 12.6 Å². The second kappa shape index (κ2) is 7.62. The van der Waals surface area contributed by atoms with Crippen molar-refractivity contribution in [3.8, 4) is 0 Å². The lowest BCUT2D eigenvalue weighted by atomic mass is 9.84. The number of likely N-dealkylation sites (tertiary alicyclic amines) is 1. The fourth-order valence-corrected chi connectivity index (χ4v) is 7.09. The van der Waals surface area contributed by atoms with Crippen molar-refractivity contribution >= 4 is 23.7 Å². The number of hydrogen-bond donors (Lipinski definition) is 0. The Morgan fingerprint density at radius 2 is 1.62 bits per heavy atom. The number of likely N-dealkylation sites (N-methyl/N-ethyl adjacent to an activating group) is 1. The van der Waals surface area contributed by atoms with Crippen LogP contribution in [0.3, 0.4) is 0 Å². The molecule has 3 saturated heterocycles. The van der Waals surface area contributed by atoms with Gasteiger partial charge in [-0.25, -0.2) is 4.79 Å². The van der Waals surface area contributed by atoms with Crippen molar-refractivity contribution in [2.75, 3.05) is 31.1 Å². The zero-order valence-electron chi connectivity index (χ0n) is 17.3. The molecule has 6 heteroatoms. The predicted octanol–water partition coefficient (Wildman–Crippen LogP) is 3.17. The van der Waals surface area contributed by atoms with Gasteiger partial charge in [-0.2, -0.15) is 11.8 Å². The lowest BCUT2D eigenvalue weighted by Gasteiger charge is -2.45. The van der Waals surface area contributed by atoms with Crippen molar-refractivity contribution < 1.29 is 9.59 Å². The lowest BCUT2D eigenvalue weighted by molar-refractivity contribution is -0.137. The van der Waals surface area contributed by atoms with Gasteiger partial charge in [0.2, 0.25) is 0 Å². The van der Waals surface area contributed by atoms with Gasteiger partial charge in [0.25, 0.3) is 5.91 Å². The number of rotatable bonds is 3. The maximum atomic E-state index is 13.7. The topological polar surface area (TPSA) is 43.9 Å². The molecular weight excluding hydrogens is 382 g/mol. The Morgan fingerprint density at radius 1 is 1.00 bits per heavy atom. The molecule has 0 bridgehead atoms. The molecule has 0 atom stereocenters. The number of hydrogen-bond acceptors (Lipinski definition) is 4. The Kier molecular flexibility index (Phi) is 5.11. The number of fused-ring (bicyclic) bond motifs is 1. The van der Waals surface area contributed by atoms with Crippen LogP contribution in [0.1, 0.15) is 43.7 Å². The van der Waals surface area contributed by atoms with Crippen LogP contribution in [0.2, 0.25) is 0 Å². The average Bonchev–Trinajstić information content (AvgIpc) is 3.26. The summed E-state index contributed by atoms with van der Waals surface area (Å²) in [6, 6.07) is 8.95. The number of urea groups is 1. The Bertz CT molecular complexity index is 774. The van der Waals surface area contributed by atoms with Gasteiger partial charge < -0.3 is 9.80 Å². The summed E-state index contributed by atoms with van der Waals surface area (Å²) >= 11 is 2.06. The van der Waals surface area contributed by atoms with Gasteiger partial charge in [-0.3, -0.25) is 9.69 Å². The predicted molar refractivity (Wildman–Crippen MR) is 116 cm³/mol. The largest absolute Gasteiger partial charge is 0.327 e. The molecule has 1 spiro atoms. The van der Waals surface area contributed by atoms with Crippen LogP contribution in [0.5, 0.6) is 0 Å². The number of carbonyl (C=O) groups is 2. The lowest BCUT2D eigenvalue weighted by Crippen LogP contribution is -2.58. The molecule has 0 saturated carbocycles. The summed E-state index contributed by atoms with van der Waals surface area (Å²) in [6.07, 6.45) is 5.68. The first-order valence-corrected chi connectivity index (χ1v) is 12.3. The Morgan fingerprint density at radius 3 is 2.21 bits per heavy atom. The molecule has 3 amide bonds. The Balaban J connectivity index is 1.34. The second-order valence-corrected chi connectivity index (χ2v) is 10.2. The molecule has 4 aliphatic rings. The number of thioether (sulfide) groups is 1. The minimum absolute atomic E-state index is 0.0192. The van der Waals surface area contributed by atoms with Crippen LogP contribution in [0.15, 0.2) is 24.3 Å². The van der Waals surface area contributed by atoms with Gasteiger partial charge in [0.1, 0.15) is 5.54 Å². The zero-order chi connectivity index (χ0) is 20.0. The van der Waals surface area contributed by atoms with Gasteiger partial charge >= 0.3 is 6.03 Å². The first-order chi connectivity index (χ1) is 14.1. The summed E-state index contributed by atoms with van der Waals surface area (Å²) < 4.78 is 0. The Labute approximate surface area is 177 Å². The van der Waals surface area contributed by atoms with Crippen molar-refractivity contribution in [2.24, 2.45) is 0 Å². The standard InChI is InChI=1S/C23H31N3O2S/c1-2-25-22(28)26(20-15-17-5-3-4-6-18(17)16-20)21(27)23(25)9-11-24(12-10-23)19-7-13-29-14-8-19/h3-6,19-20H,2,7-16H2,1H3. The first kappa shape index (κ1) is 19.4. The molecule has 0 aromatic heterocycles. The third-order valence-electron chi connectivity index (χ3n) is 7.61. The second-order valence-electron chi connectivity index (χ2n) is 8.94. The van der Waals surface area contributed by atoms with Gasteiger partial charge in [0.05, 0.1) is 0 Å². The first-order valence-electron chi connectivity index (χ1n) is 11.2. The van der Waals surface area contributed by atoms with Gasteiger partial charge in [-0.05, 0) is 68.1 Å². The molecule has 5 nitrogen and oxygen atoms in total. The van der Waals surface area contributed by atoms with E-state index in [4.69, 9.17) is 0 Å². The van der Waals surface area contributed by atoms with Gasteiger partial charge in [-0.15, -0.1) is 0 Å². The number of benzene rings is 1. The van der Waals surface area contributed by atoms with E-state index in [1.807, 2.05) is 24.0 Å². The highest BCUT2D eigenvalue weighted by atomic mass is 32.2. The van der Waals surface area contributed by atoms with E-state index in [1.165, 1.54) is 35.5 Å². The zero-order valence-corrected chi connectivity index (χ0v) is 18.1. The molecular formula is C23H31N3O2S. The van der Waals surface area contributed by atoms with Crippen molar-refractivity contribution in [1.29, 1.82) is 0 Å². The SMILES string of the molecule is CCN1C(=O)N(C2Cc3ccccc3C2)C(=O)C12CCN(C1CCSCC1)CC2. The van der Waals surface area contributed by atoms with Crippen LogP contribution in [-0.2, 0) is 17.6 Å². The van der Waals surface area contributed by atoms with Crippen molar-refractivity contribution in [1.82, 2.24) is 14.7 Å². The molecule has 1 aromatic rings. The highest BCUT2D eigenvalue weighted by Crippen LogP contribution is 2.41. The average molecular weight is 414 g/mol. The number of imide groups is 1. The number of piperidine rings is 1. The third-order valence-corrected chi connectivity index (χ3v) is 8.66. The van der Waals surface area contributed by atoms with Crippen molar-refractivity contribution in [3.63, 3.8) is 0 Å². The smallest absolute Gasteiger partial charge is 0.310 e. The highest BCUT2D eigenvalue weighted by molar-refractivity contribution is 7.99. The van der Waals surface area contributed by atoms with Gasteiger partial charge in [0, 0.05) is 31.7 Å². The van der Waals surface area contributed by atoms with Crippen LogP contribution in [0, 0.1) is 0 Å². The van der Waals surface area contributed by atoms with Crippen LogP contribution < -0.4 is 0 Å². The van der Waals surface area contributed by atoms with E-state index in [0.717, 1.165) is 38.8 Å². The van der Waals surface area contributed by atoms with Crippen LogP contribution in [0.25, 0.3) is 0 Å². The van der Waals surface area contributed by atoms with E-state index in [-0.39, 0.29) is 18.0 Å². The molecule has 156 valence electrons. The summed E-state index contributed by atoms with van der Waals surface area (Å²) in [6.45, 7) is 4.50. The molecule has 1 aliphatic carbocycles. The quantitative estimate of drug-likeness (QED) is 0.714. The molecule has 3 aliphatic heterocycles.